The second-order valence-corrected chi connectivity index (χ2v) is 14.7. The van der Waals surface area contributed by atoms with E-state index in [0.29, 0.717) is 5.13 Å². The van der Waals surface area contributed by atoms with Gasteiger partial charge in [-0.3, -0.25) is 19.3 Å². The van der Waals surface area contributed by atoms with E-state index in [0.717, 1.165) is 21.6 Å². The van der Waals surface area contributed by atoms with Crippen LogP contribution in [0.15, 0.2) is 113 Å². The number of fused-ring (bicyclic) bond motifs is 1. The Balaban J connectivity index is 1.34. The third-order valence-electron chi connectivity index (χ3n) is 8.74. The van der Waals surface area contributed by atoms with Crippen LogP contribution < -0.4 is 10.6 Å². The number of hydrogen-bond acceptors (Lipinski definition) is 12. The lowest BCUT2D eigenvalue weighted by Crippen LogP contribution is -2.71. The second kappa shape index (κ2) is 15.5. The number of ether oxygens (including phenoxy) is 1. The summed E-state index contributed by atoms with van der Waals surface area (Å²) in [5.74, 6) is -4.81. The lowest BCUT2D eigenvalue weighted by molar-refractivity contribution is -0.161. The highest BCUT2D eigenvalue weighted by atomic mass is 32.2. The molecule has 2 atom stereocenters. The topological polar surface area (TPSA) is 197 Å². The molecule has 54 heavy (non-hydrogen) atoms. The summed E-state index contributed by atoms with van der Waals surface area (Å²) in [7, 11) is 0. The number of thiazole rings is 1. The van der Waals surface area contributed by atoms with Crippen molar-refractivity contribution in [2.45, 2.75) is 43.3 Å². The Morgan fingerprint density at radius 1 is 0.926 bits per heavy atom. The van der Waals surface area contributed by atoms with Gasteiger partial charge in [0, 0.05) is 23.6 Å². The van der Waals surface area contributed by atoms with Crippen LogP contribution in [-0.4, -0.2) is 84.9 Å². The van der Waals surface area contributed by atoms with E-state index < -0.39 is 58.0 Å². The summed E-state index contributed by atoms with van der Waals surface area (Å²) < 4.78 is 4.99. The molecule has 0 aliphatic carbocycles. The van der Waals surface area contributed by atoms with Gasteiger partial charge in [-0.1, -0.05) is 96.2 Å². The number of thioether (sulfide) groups is 1. The van der Waals surface area contributed by atoms with E-state index in [1.807, 2.05) is 91.0 Å². The van der Waals surface area contributed by atoms with Crippen molar-refractivity contribution >= 4 is 63.7 Å². The number of rotatable bonds is 14. The number of benzene rings is 3. The monoisotopic (exact) mass is 769 g/mol. The van der Waals surface area contributed by atoms with Gasteiger partial charge in [0.05, 0.1) is 0 Å². The minimum Gasteiger partial charge on any atom is -0.478 e. The zero-order valence-corrected chi connectivity index (χ0v) is 30.8. The summed E-state index contributed by atoms with van der Waals surface area (Å²) in [6.07, 6.45) is 0. The van der Waals surface area contributed by atoms with Crippen LogP contribution in [-0.2, 0) is 39.1 Å². The van der Waals surface area contributed by atoms with E-state index in [4.69, 9.17) is 14.6 Å². The Labute approximate surface area is 317 Å². The quantitative estimate of drug-likeness (QED) is 0.0464. The number of aromatic nitrogens is 1. The number of nitrogens with zero attached hydrogens (tertiary/aromatic N) is 3. The average Bonchev–Trinajstić information content (AvgIpc) is 3.63. The van der Waals surface area contributed by atoms with Gasteiger partial charge in [-0.25, -0.2) is 14.6 Å². The largest absolute Gasteiger partial charge is 0.478 e. The lowest BCUT2D eigenvalue weighted by atomic mass is 9.77. The summed E-state index contributed by atoms with van der Waals surface area (Å²) in [5.41, 5.74) is -0.539. The maximum atomic E-state index is 14.0. The predicted molar refractivity (Wildman–Crippen MR) is 201 cm³/mol. The summed E-state index contributed by atoms with van der Waals surface area (Å²) >= 11 is 2.36. The molecule has 3 aromatic carbocycles. The molecule has 1 fully saturated rings. The normalized spacial score (nSPS) is 17.2. The van der Waals surface area contributed by atoms with E-state index in [2.05, 4.69) is 15.8 Å². The lowest BCUT2D eigenvalue weighted by Gasteiger charge is -2.49. The molecule has 0 radical (unpaired) electrons. The Bertz CT molecular complexity index is 2040. The Kier molecular flexibility index (Phi) is 10.9. The number of amides is 2. The Morgan fingerprint density at radius 3 is 1.98 bits per heavy atom. The van der Waals surface area contributed by atoms with Gasteiger partial charge in [0.25, 0.3) is 11.8 Å². The molecular formula is C38H35N5O9S2. The van der Waals surface area contributed by atoms with Crippen LogP contribution >= 0.6 is 23.1 Å². The minimum absolute atomic E-state index is 0.0268. The number of aliphatic carboxylic acids is 2. The number of carbonyl (C=O) groups excluding carboxylic acids is 3. The number of anilines is 1. The first kappa shape index (κ1) is 37.7. The molecule has 1 aromatic heterocycles. The van der Waals surface area contributed by atoms with Gasteiger partial charge in [0.1, 0.15) is 35.0 Å². The van der Waals surface area contributed by atoms with Crippen molar-refractivity contribution in [2.75, 3.05) is 17.7 Å². The smallest absolute Gasteiger partial charge is 0.352 e. The summed E-state index contributed by atoms with van der Waals surface area (Å²) in [6.45, 7) is 3.41. The zero-order valence-electron chi connectivity index (χ0n) is 29.2. The van der Waals surface area contributed by atoms with Gasteiger partial charge < -0.3 is 30.4 Å². The van der Waals surface area contributed by atoms with Crippen LogP contribution in [0.5, 0.6) is 0 Å². The van der Waals surface area contributed by atoms with Gasteiger partial charge >= 0.3 is 17.9 Å². The molecule has 2 aliphatic rings. The first-order chi connectivity index (χ1) is 25.8. The maximum absolute atomic E-state index is 14.0. The van der Waals surface area contributed by atoms with Gasteiger partial charge in [-0.05, 0) is 30.5 Å². The minimum atomic E-state index is -1.84. The Hall–Kier alpha value is -6.00. The molecule has 2 amide bonds. The molecule has 0 unspecified atom stereocenters. The molecule has 3 heterocycles. The molecule has 2 aliphatic heterocycles. The van der Waals surface area contributed by atoms with Crippen LogP contribution in [0.1, 0.15) is 43.2 Å². The van der Waals surface area contributed by atoms with Crippen molar-refractivity contribution in [1.82, 2.24) is 15.2 Å². The molecule has 1 saturated heterocycles. The van der Waals surface area contributed by atoms with Crippen LogP contribution in [0, 0.1) is 0 Å². The van der Waals surface area contributed by atoms with Crippen molar-refractivity contribution in [3.05, 3.63) is 130 Å². The molecule has 0 saturated carbocycles. The summed E-state index contributed by atoms with van der Waals surface area (Å²) in [5, 5.41) is 31.0. The maximum Gasteiger partial charge on any atom is 0.352 e. The molecule has 6 rings (SSSR count). The van der Waals surface area contributed by atoms with Crippen molar-refractivity contribution in [3.63, 3.8) is 0 Å². The number of esters is 1. The van der Waals surface area contributed by atoms with Gasteiger partial charge in [-0.2, -0.15) is 0 Å². The third kappa shape index (κ3) is 7.43. The van der Waals surface area contributed by atoms with Crippen molar-refractivity contribution in [1.29, 1.82) is 0 Å². The number of oxime groups is 1. The fourth-order valence-corrected chi connectivity index (χ4v) is 8.06. The van der Waals surface area contributed by atoms with Gasteiger partial charge in [0.2, 0.25) is 5.60 Å². The molecule has 4 N–H and O–H groups in total. The van der Waals surface area contributed by atoms with Crippen LogP contribution in [0.2, 0.25) is 0 Å². The van der Waals surface area contributed by atoms with E-state index in [9.17, 15) is 34.2 Å². The van der Waals surface area contributed by atoms with Gasteiger partial charge in [0.15, 0.2) is 10.8 Å². The number of hydrogen-bond donors (Lipinski definition) is 4. The van der Waals surface area contributed by atoms with Crippen LogP contribution in [0.4, 0.5) is 5.13 Å². The van der Waals surface area contributed by atoms with Crippen molar-refractivity contribution < 1.29 is 43.8 Å². The van der Waals surface area contributed by atoms with Crippen LogP contribution in [0.3, 0.4) is 0 Å². The number of carbonyl (C=O) groups is 5. The number of nitrogens with one attached hydrogen (secondary N) is 2. The van der Waals surface area contributed by atoms with Gasteiger partial charge in [-0.15, -0.1) is 23.1 Å². The fraction of sp³-hybridized carbons (Fsp3) is 0.237. The highest BCUT2D eigenvalue weighted by molar-refractivity contribution is 8.00. The predicted octanol–water partition coefficient (Wildman–Crippen LogP) is 4.43. The first-order valence-electron chi connectivity index (χ1n) is 16.6. The second-order valence-electron chi connectivity index (χ2n) is 12.8. The molecule has 278 valence electrons. The number of carboxylic acids is 2. The van der Waals surface area contributed by atoms with E-state index in [1.165, 1.54) is 43.9 Å². The molecule has 14 nitrogen and oxygen atoms in total. The molecule has 4 aromatic rings. The molecule has 16 heteroatoms. The highest BCUT2D eigenvalue weighted by Gasteiger charge is 2.54. The molecular weight excluding hydrogens is 735 g/mol. The summed E-state index contributed by atoms with van der Waals surface area (Å²) in [6, 6.07) is 28.2. The summed E-state index contributed by atoms with van der Waals surface area (Å²) in [4.78, 5) is 73.9. The standard InChI is InChI=1S/C38H35N5O9S2/c1-22(44)51-19-23-20-53-33-29(32(46)43(33)30(23)34(47)48)40-31(45)28(42-52-37(2,3)35(49)50)27-21-54-36(39-27)41-38(24-13-7-4-8-14-24,25-15-9-5-10-16-25)26-17-11-6-12-18-26/h4-18,21,29,33H,19-20H2,1-3H3,(H,39,41)(H,40,45)(H,47,48)(H,49,50)/t29-,33-/m1/s1. The fourth-order valence-electron chi connectivity index (χ4n) is 5.98. The SMILES string of the molecule is CC(=O)OCC1=C(C(=O)O)N2C(=O)[C@@H](NC(=O)C(=NOC(C)(C)C(=O)O)c3csc(NC(c4ccccc4)(c4ccccc4)c4ccccc4)n3)[C@H]2SC1. The van der Waals surface area contributed by atoms with E-state index in [1.54, 1.807) is 5.38 Å². The third-order valence-corrected chi connectivity index (χ3v) is 10.8. The average molecular weight is 770 g/mol. The molecule has 0 bridgehead atoms. The van der Waals surface area contributed by atoms with E-state index >= 15 is 0 Å². The van der Waals surface area contributed by atoms with Crippen LogP contribution in [0.25, 0.3) is 0 Å². The Morgan fingerprint density at radius 2 is 1.48 bits per heavy atom. The van der Waals surface area contributed by atoms with Crippen molar-refractivity contribution in [2.24, 2.45) is 5.16 Å². The number of β-lactam (4-membered cyclic amide) rings is 1. The number of carboxylic acid groups (broad SMARTS) is 2. The zero-order chi connectivity index (χ0) is 38.6. The van der Waals surface area contributed by atoms with Crippen molar-refractivity contribution in [3.8, 4) is 0 Å². The molecule has 0 spiro atoms. The highest BCUT2D eigenvalue weighted by Crippen LogP contribution is 2.42. The van der Waals surface area contributed by atoms with E-state index in [-0.39, 0.29) is 29.3 Å². The first-order valence-corrected chi connectivity index (χ1v) is 18.5.